The molecule has 0 fully saturated rings. The van der Waals surface area contributed by atoms with E-state index in [4.69, 9.17) is 9.47 Å². The van der Waals surface area contributed by atoms with E-state index in [1.165, 1.54) is 0 Å². The Morgan fingerprint density at radius 3 is 2.85 bits per heavy atom. The van der Waals surface area contributed by atoms with Gasteiger partial charge in [0.15, 0.2) is 0 Å². The molecule has 2 aromatic carbocycles. The Morgan fingerprint density at radius 2 is 2.08 bits per heavy atom. The SMILES string of the molecule is COc1ccc(C)cc1[C@@H](C)NC(=O)COCc1nc2ccccc2s1. The number of ether oxygens (including phenoxy) is 2. The summed E-state index contributed by atoms with van der Waals surface area (Å²) in [5, 5.41) is 3.82. The van der Waals surface area contributed by atoms with Crippen molar-refractivity contribution < 1.29 is 14.3 Å². The molecule has 0 spiro atoms. The molecule has 1 atom stereocenters. The Bertz CT molecular complexity index is 874. The average Bonchev–Trinajstić information content (AvgIpc) is 3.04. The van der Waals surface area contributed by atoms with Crippen molar-refractivity contribution in [2.24, 2.45) is 0 Å². The second-order valence-electron chi connectivity index (χ2n) is 6.10. The first-order valence-corrected chi connectivity index (χ1v) is 9.24. The van der Waals surface area contributed by atoms with Crippen LogP contribution in [0, 0.1) is 6.92 Å². The van der Waals surface area contributed by atoms with Gasteiger partial charge in [0.1, 0.15) is 17.4 Å². The lowest BCUT2D eigenvalue weighted by Crippen LogP contribution is -2.30. The molecule has 0 unspecified atom stereocenters. The first-order chi connectivity index (χ1) is 12.6. The number of amides is 1. The number of carbonyl (C=O) groups is 1. The average molecular weight is 370 g/mol. The number of rotatable bonds is 7. The number of hydrogen-bond acceptors (Lipinski definition) is 5. The number of nitrogens with zero attached hydrogens (tertiary/aromatic N) is 1. The van der Waals surface area contributed by atoms with Crippen LogP contribution < -0.4 is 10.1 Å². The van der Waals surface area contributed by atoms with Crippen molar-refractivity contribution in [2.75, 3.05) is 13.7 Å². The maximum absolute atomic E-state index is 12.2. The zero-order valence-electron chi connectivity index (χ0n) is 15.1. The number of para-hydroxylation sites is 1. The van der Waals surface area contributed by atoms with Crippen molar-refractivity contribution >= 4 is 27.5 Å². The van der Waals surface area contributed by atoms with Crippen molar-refractivity contribution in [3.05, 3.63) is 58.6 Å². The van der Waals surface area contributed by atoms with E-state index in [0.717, 1.165) is 32.1 Å². The van der Waals surface area contributed by atoms with E-state index in [9.17, 15) is 4.79 Å². The number of methoxy groups -OCH3 is 1. The molecule has 1 heterocycles. The lowest BCUT2D eigenvalue weighted by molar-refractivity contribution is -0.126. The Balaban J connectivity index is 1.53. The largest absolute Gasteiger partial charge is 0.496 e. The van der Waals surface area contributed by atoms with Gasteiger partial charge < -0.3 is 14.8 Å². The second kappa shape index (κ2) is 8.29. The van der Waals surface area contributed by atoms with Crippen LogP contribution in [-0.2, 0) is 16.1 Å². The monoisotopic (exact) mass is 370 g/mol. The first kappa shape index (κ1) is 18.4. The number of nitrogens with one attached hydrogen (secondary N) is 1. The molecule has 5 nitrogen and oxygen atoms in total. The predicted octanol–water partition coefficient (Wildman–Crippen LogP) is 4.01. The van der Waals surface area contributed by atoms with E-state index in [0.29, 0.717) is 6.61 Å². The highest BCUT2D eigenvalue weighted by Gasteiger charge is 2.14. The molecule has 26 heavy (non-hydrogen) atoms. The number of thiazole rings is 1. The number of carbonyl (C=O) groups excluding carboxylic acids is 1. The van der Waals surface area contributed by atoms with Crippen LogP contribution in [0.15, 0.2) is 42.5 Å². The van der Waals surface area contributed by atoms with E-state index in [-0.39, 0.29) is 18.6 Å². The quantitative estimate of drug-likeness (QED) is 0.683. The van der Waals surface area contributed by atoms with Gasteiger partial charge in [-0.15, -0.1) is 11.3 Å². The molecule has 0 radical (unpaired) electrons. The summed E-state index contributed by atoms with van der Waals surface area (Å²) in [5.41, 5.74) is 3.03. The molecule has 1 N–H and O–H groups in total. The molecule has 136 valence electrons. The van der Waals surface area contributed by atoms with Gasteiger partial charge in [-0.3, -0.25) is 4.79 Å². The summed E-state index contributed by atoms with van der Waals surface area (Å²) in [6.07, 6.45) is 0. The molecule has 3 aromatic rings. The van der Waals surface area contributed by atoms with Gasteiger partial charge in [0, 0.05) is 5.56 Å². The highest BCUT2D eigenvalue weighted by Crippen LogP contribution is 2.26. The summed E-state index contributed by atoms with van der Waals surface area (Å²) in [5.74, 6) is 0.598. The molecule has 0 aliphatic rings. The molecule has 6 heteroatoms. The molecule has 1 amide bonds. The maximum Gasteiger partial charge on any atom is 0.246 e. The lowest BCUT2D eigenvalue weighted by Gasteiger charge is -2.18. The normalized spacial score (nSPS) is 12.1. The van der Waals surface area contributed by atoms with Crippen molar-refractivity contribution in [2.45, 2.75) is 26.5 Å². The Morgan fingerprint density at radius 1 is 1.27 bits per heavy atom. The summed E-state index contributed by atoms with van der Waals surface area (Å²) >= 11 is 1.58. The summed E-state index contributed by atoms with van der Waals surface area (Å²) < 4.78 is 12.0. The molecule has 1 aromatic heterocycles. The van der Waals surface area contributed by atoms with Crippen LogP contribution in [0.1, 0.15) is 29.1 Å². The summed E-state index contributed by atoms with van der Waals surface area (Å²) in [6, 6.07) is 13.7. The van der Waals surface area contributed by atoms with Crippen LogP contribution in [0.2, 0.25) is 0 Å². The van der Waals surface area contributed by atoms with Gasteiger partial charge >= 0.3 is 0 Å². The molecule has 3 rings (SSSR count). The third kappa shape index (κ3) is 4.39. The summed E-state index contributed by atoms with van der Waals surface area (Å²) in [4.78, 5) is 16.7. The molecule has 0 aliphatic heterocycles. The molecule has 0 saturated heterocycles. The predicted molar refractivity (Wildman–Crippen MR) is 104 cm³/mol. The molecular weight excluding hydrogens is 348 g/mol. The van der Waals surface area contributed by atoms with Crippen LogP contribution in [0.4, 0.5) is 0 Å². The Hall–Kier alpha value is -2.44. The topological polar surface area (TPSA) is 60.5 Å². The van der Waals surface area contributed by atoms with E-state index >= 15 is 0 Å². The number of hydrogen-bond donors (Lipinski definition) is 1. The van der Waals surface area contributed by atoms with Crippen LogP contribution in [0.5, 0.6) is 5.75 Å². The number of aromatic nitrogens is 1. The standard InChI is InChI=1S/C20H22N2O3S/c1-13-8-9-17(24-3)15(10-13)14(2)21-19(23)11-25-12-20-22-16-6-4-5-7-18(16)26-20/h4-10,14H,11-12H2,1-3H3,(H,21,23)/t14-/m1/s1. The van der Waals surface area contributed by atoms with E-state index in [2.05, 4.69) is 10.3 Å². The van der Waals surface area contributed by atoms with Gasteiger partial charge in [0.2, 0.25) is 5.91 Å². The van der Waals surface area contributed by atoms with Gasteiger partial charge in [-0.1, -0.05) is 29.8 Å². The third-order valence-electron chi connectivity index (χ3n) is 4.03. The summed E-state index contributed by atoms with van der Waals surface area (Å²) in [6.45, 7) is 4.27. The third-order valence-corrected chi connectivity index (χ3v) is 5.04. The molecular formula is C20H22N2O3S. The molecule has 0 saturated carbocycles. The second-order valence-corrected chi connectivity index (χ2v) is 7.22. The Kier molecular flexibility index (Phi) is 5.85. The fraction of sp³-hybridized carbons (Fsp3) is 0.300. The highest BCUT2D eigenvalue weighted by atomic mass is 32.1. The summed E-state index contributed by atoms with van der Waals surface area (Å²) in [7, 11) is 1.63. The minimum Gasteiger partial charge on any atom is -0.496 e. The maximum atomic E-state index is 12.2. The van der Waals surface area contributed by atoms with Gasteiger partial charge in [0.25, 0.3) is 0 Å². The van der Waals surface area contributed by atoms with E-state index in [1.54, 1.807) is 18.4 Å². The van der Waals surface area contributed by atoms with Gasteiger partial charge in [-0.05, 0) is 32.0 Å². The zero-order valence-corrected chi connectivity index (χ0v) is 15.9. The van der Waals surface area contributed by atoms with Gasteiger partial charge in [-0.25, -0.2) is 4.98 Å². The van der Waals surface area contributed by atoms with E-state index in [1.807, 2.05) is 56.3 Å². The fourth-order valence-corrected chi connectivity index (χ4v) is 3.67. The van der Waals surface area contributed by atoms with Crippen molar-refractivity contribution in [1.82, 2.24) is 10.3 Å². The molecule has 0 bridgehead atoms. The minimum absolute atomic E-state index is 0.00556. The van der Waals surface area contributed by atoms with E-state index < -0.39 is 0 Å². The van der Waals surface area contributed by atoms with Gasteiger partial charge in [0.05, 0.1) is 30.0 Å². The van der Waals surface area contributed by atoms with Crippen molar-refractivity contribution in [3.63, 3.8) is 0 Å². The number of fused-ring (bicyclic) bond motifs is 1. The number of aryl methyl sites for hydroxylation is 1. The fourth-order valence-electron chi connectivity index (χ4n) is 2.77. The first-order valence-electron chi connectivity index (χ1n) is 8.43. The highest BCUT2D eigenvalue weighted by molar-refractivity contribution is 7.18. The van der Waals surface area contributed by atoms with Crippen molar-refractivity contribution in [3.8, 4) is 5.75 Å². The zero-order chi connectivity index (χ0) is 18.5. The van der Waals surface area contributed by atoms with Crippen LogP contribution in [0.25, 0.3) is 10.2 Å². The molecule has 0 aliphatic carbocycles. The Labute approximate surface area is 157 Å². The lowest BCUT2D eigenvalue weighted by atomic mass is 10.0. The van der Waals surface area contributed by atoms with Crippen LogP contribution in [-0.4, -0.2) is 24.6 Å². The smallest absolute Gasteiger partial charge is 0.246 e. The van der Waals surface area contributed by atoms with Gasteiger partial charge in [-0.2, -0.15) is 0 Å². The van der Waals surface area contributed by atoms with Crippen molar-refractivity contribution in [1.29, 1.82) is 0 Å². The van der Waals surface area contributed by atoms with Crippen LogP contribution in [0.3, 0.4) is 0 Å². The van der Waals surface area contributed by atoms with Crippen LogP contribution >= 0.6 is 11.3 Å². The number of benzene rings is 2. The minimum atomic E-state index is -0.165.